The normalized spacial score (nSPS) is 13.5. The van der Waals surface area contributed by atoms with Crippen LogP contribution in [0.3, 0.4) is 0 Å². The van der Waals surface area contributed by atoms with Gasteiger partial charge in [-0.05, 0) is 43.7 Å². The number of nitrogens with zero attached hydrogens (tertiary/aromatic N) is 1. The Morgan fingerprint density at radius 2 is 1.63 bits per heavy atom. The molecule has 0 saturated carbocycles. The lowest BCUT2D eigenvalue weighted by atomic mass is 10.0. The van der Waals surface area contributed by atoms with Crippen molar-refractivity contribution in [2.24, 2.45) is 11.8 Å². The number of hydrogen-bond donors (Lipinski definition) is 2. The first-order chi connectivity index (χ1) is 12.7. The molecule has 0 radical (unpaired) electrons. The average molecular weight is 376 g/mol. The van der Waals surface area contributed by atoms with Crippen molar-refractivity contribution in [2.45, 2.75) is 59.0 Å². The Bertz CT molecular complexity index is 572. The van der Waals surface area contributed by atoms with Crippen molar-refractivity contribution in [1.82, 2.24) is 15.5 Å². The molecule has 0 saturated heterocycles. The van der Waals surface area contributed by atoms with Crippen molar-refractivity contribution in [3.05, 3.63) is 35.9 Å². The van der Waals surface area contributed by atoms with Crippen LogP contribution in [0, 0.1) is 11.8 Å². The highest BCUT2D eigenvalue weighted by molar-refractivity contribution is 5.89. The fraction of sp³-hybridized carbons (Fsp3) is 0.636. The predicted molar refractivity (Wildman–Crippen MR) is 111 cm³/mol. The van der Waals surface area contributed by atoms with Crippen molar-refractivity contribution in [1.29, 1.82) is 0 Å². The molecule has 0 bridgehead atoms. The Labute approximate surface area is 164 Å². The van der Waals surface area contributed by atoms with E-state index in [1.165, 1.54) is 0 Å². The van der Waals surface area contributed by atoms with Gasteiger partial charge in [-0.1, -0.05) is 58.0 Å². The molecule has 2 amide bonds. The van der Waals surface area contributed by atoms with Crippen LogP contribution in [-0.4, -0.2) is 49.4 Å². The Hall–Kier alpha value is -1.88. The van der Waals surface area contributed by atoms with Crippen LogP contribution in [0.25, 0.3) is 0 Å². The van der Waals surface area contributed by atoms with Gasteiger partial charge < -0.3 is 15.5 Å². The molecule has 0 fully saturated rings. The van der Waals surface area contributed by atoms with Crippen LogP contribution in [0.15, 0.2) is 30.3 Å². The van der Waals surface area contributed by atoms with Crippen LogP contribution < -0.4 is 10.6 Å². The molecule has 1 rings (SSSR count). The number of hydrogen-bond acceptors (Lipinski definition) is 3. The first-order valence-electron chi connectivity index (χ1n) is 10.0. The van der Waals surface area contributed by atoms with E-state index in [0.717, 1.165) is 12.0 Å². The Morgan fingerprint density at radius 1 is 1.00 bits per heavy atom. The third-order valence-corrected chi connectivity index (χ3v) is 4.69. The van der Waals surface area contributed by atoms with E-state index in [2.05, 4.69) is 38.3 Å². The number of carbonyl (C=O) groups is 2. The van der Waals surface area contributed by atoms with Gasteiger partial charge >= 0.3 is 0 Å². The largest absolute Gasteiger partial charge is 0.344 e. The number of likely N-dealkylation sites (N-methyl/N-ethyl adjacent to an activating group) is 2. The summed E-state index contributed by atoms with van der Waals surface area (Å²) in [5, 5.41) is 6.08. The molecule has 27 heavy (non-hydrogen) atoms. The molecule has 5 heteroatoms. The lowest BCUT2D eigenvalue weighted by Gasteiger charge is -2.28. The molecule has 0 aliphatic rings. The summed E-state index contributed by atoms with van der Waals surface area (Å²) < 4.78 is 0. The van der Waals surface area contributed by atoms with Crippen molar-refractivity contribution < 1.29 is 9.59 Å². The van der Waals surface area contributed by atoms with Gasteiger partial charge in [-0.15, -0.1) is 0 Å². The Morgan fingerprint density at radius 3 is 2.15 bits per heavy atom. The number of benzene rings is 1. The van der Waals surface area contributed by atoms with Crippen LogP contribution in [-0.2, 0) is 16.0 Å². The molecule has 0 unspecified atom stereocenters. The molecule has 5 nitrogen and oxygen atoms in total. The number of rotatable bonds is 11. The fourth-order valence-corrected chi connectivity index (χ4v) is 2.97. The molecule has 1 aromatic carbocycles. The van der Waals surface area contributed by atoms with Crippen LogP contribution in [0.5, 0.6) is 0 Å². The minimum Gasteiger partial charge on any atom is -0.344 e. The maximum Gasteiger partial charge on any atom is 0.244 e. The van der Waals surface area contributed by atoms with E-state index in [4.69, 9.17) is 0 Å². The smallest absolute Gasteiger partial charge is 0.244 e. The zero-order valence-corrected chi connectivity index (χ0v) is 17.8. The number of nitrogens with one attached hydrogen (secondary N) is 2. The van der Waals surface area contributed by atoms with Gasteiger partial charge in [-0.25, -0.2) is 0 Å². The molecule has 0 aromatic heterocycles. The first kappa shape index (κ1) is 23.2. The van der Waals surface area contributed by atoms with Crippen molar-refractivity contribution in [2.75, 3.05) is 20.6 Å². The van der Waals surface area contributed by atoms with E-state index >= 15 is 0 Å². The van der Waals surface area contributed by atoms with Crippen LogP contribution in [0.1, 0.15) is 46.1 Å². The Balaban J connectivity index is 2.77. The zero-order chi connectivity index (χ0) is 20.4. The molecule has 0 spiro atoms. The van der Waals surface area contributed by atoms with Gasteiger partial charge in [0.2, 0.25) is 11.8 Å². The molecule has 152 valence electrons. The number of carbonyl (C=O) groups excluding carboxylic acids is 2. The molecule has 0 heterocycles. The van der Waals surface area contributed by atoms with Gasteiger partial charge in [0.1, 0.15) is 6.04 Å². The summed E-state index contributed by atoms with van der Waals surface area (Å²) in [7, 11) is 3.60. The minimum absolute atomic E-state index is 0.00716. The van der Waals surface area contributed by atoms with Gasteiger partial charge in [0.25, 0.3) is 0 Å². The summed E-state index contributed by atoms with van der Waals surface area (Å²) in [6.07, 6.45) is 2.19. The summed E-state index contributed by atoms with van der Waals surface area (Å²) in [6, 6.07) is 9.06. The van der Waals surface area contributed by atoms with Gasteiger partial charge in [0.05, 0.1) is 6.04 Å². The molecule has 2 atom stereocenters. The zero-order valence-electron chi connectivity index (χ0n) is 17.8. The van der Waals surface area contributed by atoms with E-state index in [0.29, 0.717) is 31.2 Å². The van der Waals surface area contributed by atoms with Crippen molar-refractivity contribution in [3.8, 4) is 0 Å². The maximum atomic E-state index is 12.9. The van der Waals surface area contributed by atoms with Gasteiger partial charge in [-0.2, -0.15) is 0 Å². The summed E-state index contributed by atoms with van der Waals surface area (Å²) in [4.78, 5) is 27.5. The second-order valence-electron chi connectivity index (χ2n) is 8.16. The molecule has 2 N–H and O–H groups in total. The molecule has 1 aromatic rings. The summed E-state index contributed by atoms with van der Waals surface area (Å²) in [5.41, 5.74) is 1.09. The summed E-state index contributed by atoms with van der Waals surface area (Å²) in [5.74, 6) is 0.725. The second-order valence-corrected chi connectivity index (χ2v) is 8.16. The molecule has 0 aliphatic carbocycles. The SMILES string of the molecule is CN[C@@H](Cc1ccccc1)C(=O)N[C@@H](CC(C)C)C(=O)N(C)CCC(C)C. The summed E-state index contributed by atoms with van der Waals surface area (Å²) in [6.45, 7) is 9.14. The predicted octanol–water partition coefficient (Wildman–Crippen LogP) is 2.85. The Kier molecular flexibility index (Phi) is 10.1. The second kappa shape index (κ2) is 11.8. The van der Waals surface area contributed by atoms with E-state index in [1.807, 2.05) is 37.4 Å². The van der Waals surface area contributed by atoms with E-state index in [-0.39, 0.29) is 17.9 Å². The highest BCUT2D eigenvalue weighted by atomic mass is 16.2. The van der Waals surface area contributed by atoms with E-state index in [1.54, 1.807) is 11.9 Å². The van der Waals surface area contributed by atoms with Crippen LogP contribution >= 0.6 is 0 Å². The third-order valence-electron chi connectivity index (χ3n) is 4.69. The lowest BCUT2D eigenvalue weighted by molar-refractivity contribution is -0.136. The van der Waals surface area contributed by atoms with Gasteiger partial charge in [0, 0.05) is 13.6 Å². The monoisotopic (exact) mass is 375 g/mol. The summed E-state index contributed by atoms with van der Waals surface area (Å²) >= 11 is 0. The fourth-order valence-electron chi connectivity index (χ4n) is 2.97. The lowest BCUT2D eigenvalue weighted by Crippen LogP contribution is -2.53. The highest BCUT2D eigenvalue weighted by Gasteiger charge is 2.27. The number of amides is 2. The first-order valence-corrected chi connectivity index (χ1v) is 10.0. The van der Waals surface area contributed by atoms with E-state index < -0.39 is 6.04 Å². The van der Waals surface area contributed by atoms with Crippen LogP contribution in [0.4, 0.5) is 0 Å². The van der Waals surface area contributed by atoms with Crippen LogP contribution in [0.2, 0.25) is 0 Å². The highest BCUT2D eigenvalue weighted by Crippen LogP contribution is 2.10. The molecule has 0 aliphatic heterocycles. The van der Waals surface area contributed by atoms with E-state index in [9.17, 15) is 9.59 Å². The average Bonchev–Trinajstić information content (AvgIpc) is 2.63. The maximum absolute atomic E-state index is 12.9. The van der Waals surface area contributed by atoms with Crippen molar-refractivity contribution >= 4 is 11.8 Å². The molecular formula is C22H37N3O2. The van der Waals surface area contributed by atoms with Gasteiger partial charge in [0.15, 0.2) is 0 Å². The topological polar surface area (TPSA) is 61.4 Å². The molecular weight excluding hydrogens is 338 g/mol. The quantitative estimate of drug-likeness (QED) is 0.625. The minimum atomic E-state index is -0.485. The van der Waals surface area contributed by atoms with Gasteiger partial charge in [-0.3, -0.25) is 9.59 Å². The standard InChI is InChI=1S/C22H37N3O2/c1-16(2)12-13-25(6)22(27)20(14-17(3)4)24-21(26)19(23-5)15-18-10-8-7-9-11-18/h7-11,16-17,19-20,23H,12-15H2,1-6H3,(H,24,26)/t19-,20-/m0/s1. The third kappa shape index (κ3) is 8.57. The van der Waals surface area contributed by atoms with Crippen molar-refractivity contribution in [3.63, 3.8) is 0 Å².